The Labute approximate surface area is 148 Å². The van der Waals surface area contributed by atoms with Gasteiger partial charge < -0.3 is 9.80 Å². The predicted octanol–water partition coefficient (Wildman–Crippen LogP) is 2.40. The summed E-state index contributed by atoms with van der Waals surface area (Å²) in [7, 11) is 0. The van der Waals surface area contributed by atoms with Gasteiger partial charge in [0.15, 0.2) is 0 Å². The fraction of sp³-hybridized carbons (Fsp3) is 0.737. The van der Waals surface area contributed by atoms with E-state index in [1.54, 1.807) is 0 Å². The number of amides is 2. The molecular formula is C19H28N4O2. The van der Waals surface area contributed by atoms with Crippen molar-refractivity contribution in [1.29, 1.82) is 0 Å². The lowest BCUT2D eigenvalue weighted by Crippen LogP contribution is -2.48. The van der Waals surface area contributed by atoms with Crippen LogP contribution in [0.3, 0.4) is 0 Å². The van der Waals surface area contributed by atoms with Gasteiger partial charge in [0.1, 0.15) is 5.69 Å². The lowest BCUT2D eigenvalue weighted by Gasteiger charge is -2.34. The highest BCUT2D eigenvalue weighted by molar-refractivity contribution is 5.93. The molecule has 1 aromatic rings. The van der Waals surface area contributed by atoms with Crippen LogP contribution in [0.2, 0.25) is 0 Å². The van der Waals surface area contributed by atoms with Gasteiger partial charge in [0.2, 0.25) is 5.91 Å². The van der Waals surface area contributed by atoms with E-state index in [2.05, 4.69) is 28.9 Å². The molecule has 1 aromatic heterocycles. The van der Waals surface area contributed by atoms with Crippen molar-refractivity contribution < 1.29 is 9.59 Å². The van der Waals surface area contributed by atoms with Crippen LogP contribution in [0, 0.1) is 11.8 Å². The van der Waals surface area contributed by atoms with E-state index in [1.165, 1.54) is 25.7 Å². The summed E-state index contributed by atoms with van der Waals surface area (Å²) >= 11 is 0. The molecule has 1 aliphatic heterocycles. The normalized spacial score (nSPS) is 24.8. The van der Waals surface area contributed by atoms with E-state index in [1.807, 2.05) is 11.0 Å². The number of nitrogens with one attached hydrogen (secondary N) is 1. The molecule has 3 fully saturated rings. The summed E-state index contributed by atoms with van der Waals surface area (Å²) in [4.78, 5) is 29.5. The highest BCUT2D eigenvalue weighted by Crippen LogP contribution is 2.39. The quantitative estimate of drug-likeness (QED) is 0.892. The molecule has 0 aromatic carbocycles. The Morgan fingerprint density at radius 3 is 2.72 bits per heavy atom. The maximum Gasteiger partial charge on any atom is 0.274 e. The standard InChI is InChI=1S/C19H28N4O2/c1-12(2)17-11-22(8-7-18(24)23(17)10-13-3-4-13)19(25)16-9-15(20-21-16)14-5-6-14/h9,12-14,17H,3-8,10-11H2,1-2H3,(H,20,21)/t17-/m1/s1. The average Bonchev–Trinajstić information content (AvgIpc) is 3.51. The van der Waals surface area contributed by atoms with Crippen molar-refractivity contribution in [3.8, 4) is 0 Å². The third kappa shape index (κ3) is 3.58. The highest BCUT2D eigenvalue weighted by Gasteiger charge is 2.37. The summed E-state index contributed by atoms with van der Waals surface area (Å²) in [5.41, 5.74) is 1.57. The molecule has 3 aliphatic rings. The molecule has 6 nitrogen and oxygen atoms in total. The second-order valence-electron chi connectivity index (χ2n) is 8.28. The highest BCUT2D eigenvalue weighted by atomic mass is 16.2. The van der Waals surface area contributed by atoms with Crippen molar-refractivity contribution in [2.45, 2.75) is 57.9 Å². The molecule has 25 heavy (non-hydrogen) atoms. The zero-order valence-corrected chi connectivity index (χ0v) is 15.2. The monoisotopic (exact) mass is 344 g/mol. The van der Waals surface area contributed by atoms with E-state index in [-0.39, 0.29) is 17.9 Å². The number of carbonyl (C=O) groups excluding carboxylic acids is 2. The van der Waals surface area contributed by atoms with E-state index in [0.717, 1.165) is 12.2 Å². The molecule has 2 heterocycles. The van der Waals surface area contributed by atoms with E-state index in [0.29, 0.717) is 43.0 Å². The van der Waals surface area contributed by atoms with Gasteiger partial charge in [-0.15, -0.1) is 0 Å². The first kappa shape index (κ1) is 16.6. The second kappa shape index (κ2) is 6.46. The molecule has 1 saturated heterocycles. The predicted molar refractivity (Wildman–Crippen MR) is 94.1 cm³/mol. The molecule has 0 unspecified atom stereocenters. The van der Waals surface area contributed by atoms with Gasteiger partial charge in [-0.3, -0.25) is 14.7 Å². The van der Waals surface area contributed by atoms with Crippen LogP contribution in [-0.4, -0.2) is 57.5 Å². The van der Waals surface area contributed by atoms with Gasteiger partial charge >= 0.3 is 0 Å². The topological polar surface area (TPSA) is 69.3 Å². The minimum Gasteiger partial charge on any atom is -0.337 e. The largest absolute Gasteiger partial charge is 0.337 e. The summed E-state index contributed by atoms with van der Waals surface area (Å²) in [5, 5.41) is 7.25. The Morgan fingerprint density at radius 2 is 2.08 bits per heavy atom. The van der Waals surface area contributed by atoms with Gasteiger partial charge in [-0.25, -0.2) is 0 Å². The molecule has 136 valence electrons. The molecule has 4 rings (SSSR count). The van der Waals surface area contributed by atoms with Crippen molar-refractivity contribution in [2.24, 2.45) is 11.8 Å². The Kier molecular flexibility index (Phi) is 4.29. The number of rotatable bonds is 5. The molecule has 2 aliphatic carbocycles. The summed E-state index contributed by atoms with van der Waals surface area (Å²) in [6.07, 6.45) is 5.24. The Bertz CT molecular complexity index is 660. The smallest absolute Gasteiger partial charge is 0.274 e. The van der Waals surface area contributed by atoms with Crippen LogP contribution in [0.25, 0.3) is 0 Å². The molecule has 2 amide bonds. The molecule has 1 atom stereocenters. The van der Waals surface area contributed by atoms with Crippen molar-refractivity contribution in [3.63, 3.8) is 0 Å². The maximum absolute atomic E-state index is 12.9. The molecular weight excluding hydrogens is 316 g/mol. The van der Waals surface area contributed by atoms with Gasteiger partial charge in [0.05, 0.1) is 6.04 Å². The van der Waals surface area contributed by atoms with Gasteiger partial charge in [-0.1, -0.05) is 13.8 Å². The fourth-order valence-corrected chi connectivity index (χ4v) is 3.76. The molecule has 0 spiro atoms. The lowest BCUT2D eigenvalue weighted by atomic mass is 10.0. The molecule has 0 bridgehead atoms. The SMILES string of the molecule is CC(C)[C@H]1CN(C(=O)c2cc(C3CC3)[nH]n2)CCC(=O)N1CC1CC1. The summed E-state index contributed by atoms with van der Waals surface area (Å²) in [6, 6.07) is 2.00. The van der Waals surface area contributed by atoms with Crippen LogP contribution >= 0.6 is 0 Å². The first-order chi connectivity index (χ1) is 12.0. The Hall–Kier alpha value is -1.85. The first-order valence-electron chi connectivity index (χ1n) is 9.67. The van der Waals surface area contributed by atoms with Gasteiger partial charge in [0, 0.05) is 37.7 Å². The van der Waals surface area contributed by atoms with Crippen LogP contribution in [0.4, 0.5) is 0 Å². The number of nitrogens with zero attached hydrogens (tertiary/aromatic N) is 3. The molecule has 1 N–H and O–H groups in total. The summed E-state index contributed by atoms with van der Waals surface area (Å²) in [5.74, 6) is 1.70. The van der Waals surface area contributed by atoms with Gasteiger partial charge in [-0.05, 0) is 43.6 Å². The van der Waals surface area contributed by atoms with Crippen molar-refractivity contribution >= 4 is 11.8 Å². The molecule has 2 saturated carbocycles. The third-order valence-electron chi connectivity index (χ3n) is 5.77. The summed E-state index contributed by atoms with van der Waals surface area (Å²) < 4.78 is 0. The number of hydrogen-bond acceptors (Lipinski definition) is 3. The number of H-pyrrole nitrogens is 1. The number of aromatic amines is 1. The van der Waals surface area contributed by atoms with Crippen molar-refractivity contribution in [2.75, 3.05) is 19.6 Å². The number of aromatic nitrogens is 2. The van der Waals surface area contributed by atoms with Crippen LogP contribution in [-0.2, 0) is 4.79 Å². The minimum atomic E-state index is -0.0464. The molecule has 0 radical (unpaired) electrons. The fourth-order valence-electron chi connectivity index (χ4n) is 3.76. The molecule has 6 heteroatoms. The first-order valence-corrected chi connectivity index (χ1v) is 9.67. The lowest BCUT2D eigenvalue weighted by molar-refractivity contribution is -0.133. The number of carbonyl (C=O) groups is 2. The minimum absolute atomic E-state index is 0.0464. The van der Waals surface area contributed by atoms with Crippen LogP contribution < -0.4 is 0 Å². The zero-order chi connectivity index (χ0) is 17.6. The number of hydrogen-bond donors (Lipinski definition) is 1. The van der Waals surface area contributed by atoms with Crippen LogP contribution in [0.5, 0.6) is 0 Å². The van der Waals surface area contributed by atoms with Crippen molar-refractivity contribution in [3.05, 3.63) is 17.5 Å². The van der Waals surface area contributed by atoms with E-state index >= 15 is 0 Å². The Morgan fingerprint density at radius 1 is 1.32 bits per heavy atom. The van der Waals surface area contributed by atoms with Crippen molar-refractivity contribution in [1.82, 2.24) is 20.0 Å². The van der Waals surface area contributed by atoms with Crippen LogP contribution in [0.15, 0.2) is 6.07 Å². The summed E-state index contributed by atoms with van der Waals surface area (Å²) in [6.45, 7) is 6.25. The van der Waals surface area contributed by atoms with Crippen LogP contribution in [0.1, 0.15) is 68.1 Å². The Balaban J connectivity index is 1.50. The van der Waals surface area contributed by atoms with E-state index < -0.39 is 0 Å². The van der Waals surface area contributed by atoms with E-state index in [4.69, 9.17) is 0 Å². The maximum atomic E-state index is 12.9. The van der Waals surface area contributed by atoms with Gasteiger partial charge in [0.25, 0.3) is 5.91 Å². The zero-order valence-electron chi connectivity index (χ0n) is 15.2. The van der Waals surface area contributed by atoms with E-state index in [9.17, 15) is 9.59 Å². The van der Waals surface area contributed by atoms with Gasteiger partial charge in [-0.2, -0.15) is 5.10 Å². The second-order valence-corrected chi connectivity index (χ2v) is 8.28. The third-order valence-corrected chi connectivity index (χ3v) is 5.77. The average molecular weight is 344 g/mol.